The molecule has 2 aromatic carbocycles. The summed E-state index contributed by atoms with van der Waals surface area (Å²) < 4.78 is 18.7. The lowest BCUT2D eigenvalue weighted by Gasteiger charge is -2.24. The van der Waals surface area contributed by atoms with Crippen LogP contribution in [-0.2, 0) is 9.53 Å². The molecule has 5 rings (SSSR count). The van der Waals surface area contributed by atoms with Gasteiger partial charge in [0.15, 0.2) is 16.3 Å². The predicted octanol–water partition coefficient (Wildman–Crippen LogP) is 2.57. The molecular weight excluding hydrogens is 440 g/mol. The summed E-state index contributed by atoms with van der Waals surface area (Å²) in [5.74, 6) is 0.887. The molecule has 0 spiro atoms. The van der Waals surface area contributed by atoms with Crippen molar-refractivity contribution in [3.63, 3.8) is 0 Å². The van der Waals surface area contributed by atoms with Gasteiger partial charge in [0.25, 0.3) is 5.56 Å². The summed E-state index contributed by atoms with van der Waals surface area (Å²) in [6.45, 7) is 4.79. The lowest BCUT2D eigenvalue weighted by molar-refractivity contribution is -0.139. The second-order valence-electron chi connectivity index (χ2n) is 7.62. The Balaban J connectivity index is 1.67. The highest BCUT2D eigenvalue weighted by Gasteiger charge is 2.33. The minimum absolute atomic E-state index is 0.211. The largest absolute Gasteiger partial charge is 0.486 e. The molecule has 3 aromatic rings. The number of allylic oxidation sites excluding steroid dienone is 1. The molecule has 0 fully saturated rings. The van der Waals surface area contributed by atoms with Crippen LogP contribution in [0.5, 0.6) is 11.5 Å². The average molecular weight is 463 g/mol. The number of carbonyl (C=O) groups excluding carboxylic acids is 1. The fourth-order valence-electron chi connectivity index (χ4n) is 4.04. The van der Waals surface area contributed by atoms with E-state index in [0.29, 0.717) is 45.3 Å². The summed E-state index contributed by atoms with van der Waals surface area (Å²) in [6, 6.07) is 14.5. The first-order valence-electron chi connectivity index (χ1n) is 10.7. The van der Waals surface area contributed by atoms with Crippen molar-refractivity contribution in [3.05, 3.63) is 90.6 Å². The van der Waals surface area contributed by atoms with E-state index in [1.807, 2.05) is 54.6 Å². The monoisotopic (exact) mass is 462 g/mol. The zero-order chi connectivity index (χ0) is 22.9. The van der Waals surface area contributed by atoms with Crippen molar-refractivity contribution in [3.8, 4) is 11.5 Å². The van der Waals surface area contributed by atoms with Crippen molar-refractivity contribution in [2.75, 3.05) is 19.8 Å². The van der Waals surface area contributed by atoms with Gasteiger partial charge in [0.05, 0.1) is 28.5 Å². The zero-order valence-electron chi connectivity index (χ0n) is 18.2. The van der Waals surface area contributed by atoms with Crippen LogP contribution in [0.4, 0.5) is 0 Å². The highest BCUT2D eigenvalue weighted by Crippen LogP contribution is 2.32. The van der Waals surface area contributed by atoms with Gasteiger partial charge in [-0.3, -0.25) is 9.36 Å². The quantitative estimate of drug-likeness (QED) is 0.557. The van der Waals surface area contributed by atoms with Gasteiger partial charge < -0.3 is 14.2 Å². The van der Waals surface area contributed by atoms with Crippen molar-refractivity contribution in [2.24, 2.45) is 4.99 Å². The molecule has 2 aliphatic heterocycles. The zero-order valence-corrected chi connectivity index (χ0v) is 19.1. The fourth-order valence-corrected chi connectivity index (χ4v) is 5.09. The van der Waals surface area contributed by atoms with Gasteiger partial charge >= 0.3 is 5.97 Å². The third kappa shape index (κ3) is 3.87. The van der Waals surface area contributed by atoms with Gasteiger partial charge in [-0.1, -0.05) is 47.7 Å². The summed E-state index contributed by atoms with van der Waals surface area (Å²) in [5, 5.41) is 0. The van der Waals surface area contributed by atoms with Gasteiger partial charge in [-0.25, -0.2) is 9.79 Å². The van der Waals surface area contributed by atoms with E-state index in [0.717, 1.165) is 11.1 Å². The highest BCUT2D eigenvalue weighted by atomic mass is 32.1. The van der Waals surface area contributed by atoms with E-state index in [9.17, 15) is 9.59 Å². The summed E-state index contributed by atoms with van der Waals surface area (Å²) in [7, 11) is 0. The number of hydrogen-bond acceptors (Lipinski definition) is 7. The van der Waals surface area contributed by atoms with Crippen LogP contribution in [0.3, 0.4) is 0 Å². The molecule has 0 radical (unpaired) electrons. The Morgan fingerprint density at radius 3 is 2.70 bits per heavy atom. The fraction of sp³-hybridized carbons (Fsp3) is 0.240. The van der Waals surface area contributed by atoms with Gasteiger partial charge in [0.1, 0.15) is 13.2 Å². The number of nitrogens with zero attached hydrogens (tertiary/aromatic N) is 2. The average Bonchev–Trinajstić information content (AvgIpc) is 3.13. The molecule has 0 bridgehead atoms. The molecule has 0 N–H and O–H groups in total. The van der Waals surface area contributed by atoms with Crippen molar-refractivity contribution < 1.29 is 19.0 Å². The smallest absolute Gasteiger partial charge is 0.338 e. The van der Waals surface area contributed by atoms with Crippen LogP contribution >= 0.6 is 11.3 Å². The first-order chi connectivity index (χ1) is 16.1. The van der Waals surface area contributed by atoms with E-state index in [2.05, 4.69) is 4.99 Å². The van der Waals surface area contributed by atoms with Gasteiger partial charge in [0.2, 0.25) is 0 Å². The van der Waals surface area contributed by atoms with Crippen LogP contribution < -0.4 is 24.4 Å². The molecule has 0 saturated carbocycles. The van der Waals surface area contributed by atoms with Crippen LogP contribution in [0, 0.1) is 0 Å². The lowest BCUT2D eigenvalue weighted by Crippen LogP contribution is -2.39. The molecule has 2 aliphatic rings. The number of benzene rings is 2. The molecule has 3 heterocycles. The van der Waals surface area contributed by atoms with Gasteiger partial charge in [-0.05, 0) is 43.2 Å². The van der Waals surface area contributed by atoms with E-state index in [4.69, 9.17) is 14.2 Å². The van der Waals surface area contributed by atoms with Crippen LogP contribution in [0.2, 0.25) is 0 Å². The standard InChI is InChI=1S/C25H22N2O5S/c1-3-30-24(29)21-15(2)26-25-27(22(21)17-7-5-4-6-8-17)23(28)20(33-25)14-16-9-10-18-19(13-16)32-12-11-31-18/h4-10,13-14,22H,3,11-12H2,1-2H3/b20-14-/t22-/m0/s1. The Morgan fingerprint density at radius 1 is 1.18 bits per heavy atom. The maximum atomic E-state index is 13.6. The number of esters is 1. The Bertz CT molecular complexity index is 1440. The minimum atomic E-state index is -0.607. The summed E-state index contributed by atoms with van der Waals surface area (Å²) in [4.78, 5) is 31.6. The van der Waals surface area contributed by atoms with E-state index in [1.165, 1.54) is 11.3 Å². The molecule has 1 atom stereocenters. The molecule has 168 valence electrons. The second kappa shape index (κ2) is 8.71. The van der Waals surface area contributed by atoms with Crippen LogP contribution in [0.15, 0.2) is 69.6 Å². The van der Waals surface area contributed by atoms with Gasteiger partial charge in [-0.2, -0.15) is 0 Å². The van der Waals surface area contributed by atoms with Crippen LogP contribution in [0.1, 0.15) is 31.0 Å². The van der Waals surface area contributed by atoms with Gasteiger partial charge in [0, 0.05) is 0 Å². The number of ether oxygens (including phenoxy) is 3. The molecule has 0 aliphatic carbocycles. The van der Waals surface area contributed by atoms with E-state index >= 15 is 0 Å². The Morgan fingerprint density at radius 2 is 1.94 bits per heavy atom. The topological polar surface area (TPSA) is 79.1 Å². The molecule has 0 amide bonds. The van der Waals surface area contributed by atoms with Gasteiger partial charge in [-0.15, -0.1) is 0 Å². The first-order valence-corrected chi connectivity index (χ1v) is 11.5. The van der Waals surface area contributed by atoms with Crippen molar-refractivity contribution in [1.82, 2.24) is 4.57 Å². The normalized spacial score (nSPS) is 17.4. The second-order valence-corrected chi connectivity index (χ2v) is 8.63. The third-order valence-corrected chi connectivity index (χ3v) is 6.48. The Labute approximate surface area is 193 Å². The van der Waals surface area contributed by atoms with Crippen LogP contribution in [0.25, 0.3) is 6.08 Å². The SMILES string of the molecule is CCOC(=O)C1=C(C)N=c2s/c(=C\c3ccc4c(c3)OCCO4)c(=O)n2[C@H]1c1ccccc1. The number of thiazole rings is 1. The molecular formula is C25H22N2O5S. The number of fused-ring (bicyclic) bond motifs is 2. The lowest BCUT2D eigenvalue weighted by atomic mass is 9.96. The Hall–Kier alpha value is -3.65. The number of carbonyl (C=O) groups is 1. The van der Waals surface area contributed by atoms with Crippen molar-refractivity contribution in [2.45, 2.75) is 19.9 Å². The number of aromatic nitrogens is 1. The molecule has 0 saturated heterocycles. The minimum Gasteiger partial charge on any atom is -0.486 e. The van der Waals surface area contributed by atoms with Crippen LogP contribution in [-0.4, -0.2) is 30.4 Å². The summed E-state index contributed by atoms with van der Waals surface area (Å²) in [6.07, 6.45) is 1.81. The molecule has 0 unspecified atom stereocenters. The number of rotatable bonds is 4. The van der Waals surface area contributed by atoms with E-state index in [-0.39, 0.29) is 12.2 Å². The molecule has 33 heavy (non-hydrogen) atoms. The third-order valence-electron chi connectivity index (χ3n) is 5.50. The van der Waals surface area contributed by atoms with Crippen molar-refractivity contribution >= 4 is 23.4 Å². The highest BCUT2D eigenvalue weighted by molar-refractivity contribution is 7.07. The summed E-state index contributed by atoms with van der Waals surface area (Å²) >= 11 is 1.29. The predicted molar refractivity (Wildman–Crippen MR) is 124 cm³/mol. The summed E-state index contributed by atoms with van der Waals surface area (Å²) in [5.41, 5.74) is 2.36. The first kappa shape index (κ1) is 21.2. The maximum Gasteiger partial charge on any atom is 0.338 e. The van der Waals surface area contributed by atoms with E-state index < -0.39 is 12.0 Å². The Kier molecular flexibility index (Phi) is 5.60. The number of hydrogen-bond donors (Lipinski definition) is 0. The molecule has 8 heteroatoms. The molecule has 1 aromatic heterocycles. The van der Waals surface area contributed by atoms with Crippen molar-refractivity contribution in [1.29, 1.82) is 0 Å². The molecule has 7 nitrogen and oxygen atoms in total. The van der Waals surface area contributed by atoms with E-state index in [1.54, 1.807) is 18.4 Å². The maximum absolute atomic E-state index is 13.6.